The highest BCUT2D eigenvalue weighted by Crippen LogP contribution is 2.23. The van der Waals surface area contributed by atoms with Crippen LogP contribution in [0.4, 0.5) is 0 Å². The minimum Gasteiger partial charge on any atom is -0.508 e. The number of furan rings is 1. The molecule has 0 radical (unpaired) electrons. The molecule has 0 fully saturated rings. The van der Waals surface area contributed by atoms with E-state index in [0.29, 0.717) is 37.0 Å². The Bertz CT molecular complexity index is 671. The lowest BCUT2D eigenvalue weighted by molar-refractivity contribution is 0.105. The molecule has 0 saturated carbocycles. The summed E-state index contributed by atoms with van der Waals surface area (Å²) in [7, 11) is 1.60. The van der Waals surface area contributed by atoms with Gasteiger partial charge in [0.2, 0.25) is 0 Å². The molecule has 0 amide bonds. The van der Waals surface area contributed by atoms with Crippen LogP contribution in [0.2, 0.25) is 0 Å². The van der Waals surface area contributed by atoms with Gasteiger partial charge in [0.1, 0.15) is 23.9 Å². The van der Waals surface area contributed by atoms with Crippen molar-refractivity contribution in [3.8, 4) is 11.5 Å². The predicted octanol–water partition coefficient (Wildman–Crippen LogP) is 2.66. The van der Waals surface area contributed by atoms with Gasteiger partial charge in [-0.1, -0.05) is 0 Å². The molecule has 2 aromatic rings. The maximum absolute atomic E-state index is 9.93. The van der Waals surface area contributed by atoms with Gasteiger partial charge in [0.25, 0.3) is 0 Å². The number of phenolic OH excluding ortho intramolecular Hbond substituents is 1. The summed E-state index contributed by atoms with van der Waals surface area (Å²) in [5.74, 6) is 2.42. The number of methoxy groups -OCH3 is 1. The molecule has 142 valence electrons. The highest BCUT2D eigenvalue weighted by atomic mass is 16.5. The molecule has 0 saturated heterocycles. The van der Waals surface area contributed by atoms with Crippen LogP contribution in [0.1, 0.15) is 24.7 Å². The third kappa shape index (κ3) is 6.68. The zero-order valence-electron chi connectivity index (χ0n) is 15.3. The summed E-state index contributed by atoms with van der Waals surface area (Å²) in [6, 6.07) is 8.85. The summed E-state index contributed by atoms with van der Waals surface area (Å²) >= 11 is 0. The van der Waals surface area contributed by atoms with Crippen molar-refractivity contribution in [2.45, 2.75) is 26.5 Å². The van der Waals surface area contributed by atoms with Gasteiger partial charge in [0, 0.05) is 25.3 Å². The van der Waals surface area contributed by atoms with E-state index in [1.807, 2.05) is 19.1 Å². The number of aliphatic imine (C=N–C) groups is 1. The summed E-state index contributed by atoms with van der Waals surface area (Å²) in [6.45, 7) is 4.96. The van der Waals surface area contributed by atoms with Crippen LogP contribution in [0.25, 0.3) is 0 Å². The minimum atomic E-state index is 0.205. The number of guanidine groups is 1. The summed E-state index contributed by atoms with van der Waals surface area (Å²) in [5, 5.41) is 16.4. The van der Waals surface area contributed by atoms with E-state index in [1.54, 1.807) is 31.6 Å². The summed E-state index contributed by atoms with van der Waals surface area (Å²) < 4.78 is 15.9. The van der Waals surface area contributed by atoms with Gasteiger partial charge in [0.15, 0.2) is 5.96 Å². The number of hydrogen-bond acceptors (Lipinski definition) is 5. The minimum absolute atomic E-state index is 0.205. The van der Waals surface area contributed by atoms with Crippen LogP contribution < -0.4 is 15.4 Å². The Kier molecular flexibility index (Phi) is 8.35. The van der Waals surface area contributed by atoms with Crippen molar-refractivity contribution in [2.75, 3.05) is 26.8 Å². The third-order valence-electron chi connectivity index (χ3n) is 3.62. The maximum atomic E-state index is 9.93. The fourth-order valence-electron chi connectivity index (χ4n) is 2.27. The Hall–Kier alpha value is -2.67. The molecule has 0 aliphatic heterocycles. The van der Waals surface area contributed by atoms with E-state index < -0.39 is 0 Å². The van der Waals surface area contributed by atoms with Gasteiger partial charge < -0.3 is 29.6 Å². The Labute approximate surface area is 154 Å². The molecule has 1 aromatic heterocycles. The summed E-state index contributed by atoms with van der Waals surface area (Å²) in [5.41, 5.74) is 0.711. The van der Waals surface area contributed by atoms with Crippen LogP contribution in [-0.4, -0.2) is 37.9 Å². The van der Waals surface area contributed by atoms with E-state index in [4.69, 9.17) is 13.9 Å². The Morgan fingerprint density at radius 2 is 2.15 bits per heavy atom. The van der Waals surface area contributed by atoms with E-state index in [0.717, 1.165) is 25.3 Å². The monoisotopic (exact) mass is 361 g/mol. The number of phenols is 1. The fourth-order valence-corrected chi connectivity index (χ4v) is 2.27. The molecule has 0 aliphatic carbocycles. The van der Waals surface area contributed by atoms with Gasteiger partial charge in [-0.15, -0.1) is 0 Å². The average molecular weight is 361 g/mol. The standard InChI is InChI=1S/C19H27N3O4/c1-3-20-19(21-9-5-10-25-14-17-6-4-11-26-17)22-13-15-12-16(24-2)7-8-18(15)23/h4,6-8,11-12,23H,3,5,9-10,13-14H2,1-2H3,(H2,20,21,22). The first-order chi connectivity index (χ1) is 12.7. The van der Waals surface area contributed by atoms with Gasteiger partial charge >= 0.3 is 0 Å². The van der Waals surface area contributed by atoms with Crippen molar-refractivity contribution in [2.24, 2.45) is 4.99 Å². The lowest BCUT2D eigenvalue weighted by Crippen LogP contribution is -2.38. The van der Waals surface area contributed by atoms with Gasteiger partial charge in [-0.05, 0) is 43.7 Å². The molecule has 2 rings (SSSR count). The zero-order chi connectivity index (χ0) is 18.6. The number of aromatic hydroxyl groups is 1. The zero-order valence-corrected chi connectivity index (χ0v) is 15.3. The third-order valence-corrected chi connectivity index (χ3v) is 3.62. The second kappa shape index (κ2) is 11.0. The largest absolute Gasteiger partial charge is 0.508 e. The number of rotatable bonds is 10. The summed E-state index contributed by atoms with van der Waals surface area (Å²) in [6.07, 6.45) is 2.48. The number of nitrogens with zero attached hydrogens (tertiary/aromatic N) is 1. The first-order valence-electron chi connectivity index (χ1n) is 8.71. The normalized spacial score (nSPS) is 11.4. The van der Waals surface area contributed by atoms with Gasteiger partial charge in [0.05, 0.1) is 19.9 Å². The van der Waals surface area contributed by atoms with Crippen molar-refractivity contribution in [1.82, 2.24) is 10.6 Å². The average Bonchev–Trinajstić information content (AvgIpc) is 3.17. The molecule has 0 bridgehead atoms. The van der Waals surface area contributed by atoms with Crippen LogP contribution in [-0.2, 0) is 17.9 Å². The Morgan fingerprint density at radius 1 is 1.27 bits per heavy atom. The van der Waals surface area contributed by atoms with E-state index in [-0.39, 0.29) is 5.75 Å². The second-order valence-electron chi connectivity index (χ2n) is 5.60. The molecule has 0 aliphatic rings. The maximum Gasteiger partial charge on any atom is 0.191 e. The number of nitrogens with one attached hydrogen (secondary N) is 2. The molecular weight excluding hydrogens is 334 g/mol. The van der Waals surface area contributed by atoms with E-state index >= 15 is 0 Å². The summed E-state index contributed by atoms with van der Waals surface area (Å²) in [4.78, 5) is 4.50. The van der Waals surface area contributed by atoms with Gasteiger partial charge in [-0.3, -0.25) is 0 Å². The molecular formula is C19H27N3O4. The fraction of sp³-hybridized carbons (Fsp3) is 0.421. The van der Waals surface area contributed by atoms with Crippen LogP contribution in [0.5, 0.6) is 11.5 Å². The lowest BCUT2D eigenvalue weighted by atomic mass is 10.2. The van der Waals surface area contributed by atoms with Gasteiger partial charge in [-0.2, -0.15) is 0 Å². The quantitative estimate of drug-likeness (QED) is 0.343. The van der Waals surface area contributed by atoms with Crippen LogP contribution in [0.3, 0.4) is 0 Å². The molecule has 0 atom stereocenters. The Morgan fingerprint density at radius 3 is 2.88 bits per heavy atom. The number of ether oxygens (including phenoxy) is 2. The smallest absolute Gasteiger partial charge is 0.191 e. The topological polar surface area (TPSA) is 88.3 Å². The van der Waals surface area contributed by atoms with Crippen molar-refractivity contribution in [3.05, 3.63) is 47.9 Å². The molecule has 0 spiro atoms. The van der Waals surface area contributed by atoms with E-state index in [2.05, 4.69) is 15.6 Å². The lowest BCUT2D eigenvalue weighted by Gasteiger charge is -2.12. The second-order valence-corrected chi connectivity index (χ2v) is 5.60. The van der Waals surface area contributed by atoms with Crippen LogP contribution >= 0.6 is 0 Å². The molecule has 1 heterocycles. The first kappa shape index (κ1) is 19.7. The highest BCUT2D eigenvalue weighted by Gasteiger charge is 2.04. The number of benzene rings is 1. The van der Waals surface area contributed by atoms with Crippen LogP contribution in [0, 0.1) is 0 Å². The van der Waals surface area contributed by atoms with Crippen molar-refractivity contribution < 1.29 is 19.0 Å². The molecule has 26 heavy (non-hydrogen) atoms. The molecule has 7 nitrogen and oxygen atoms in total. The SMILES string of the molecule is CCNC(=NCc1cc(OC)ccc1O)NCCCOCc1ccco1. The Balaban J connectivity index is 1.75. The van der Waals surface area contributed by atoms with Crippen molar-refractivity contribution >= 4 is 5.96 Å². The first-order valence-corrected chi connectivity index (χ1v) is 8.71. The van der Waals surface area contributed by atoms with Crippen molar-refractivity contribution in [1.29, 1.82) is 0 Å². The van der Waals surface area contributed by atoms with Gasteiger partial charge in [-0.25, -0.2) is 4.99 Å². The molecule has 1 aromatic carbocycles. The molecule has 3 N–H and O–H groups in total. The van der Waals surface area contributed by atoms with Crippen LogP contribution in [0.15, 0.2) is 46.0 Å². The van der Waals surface area contributed by atoms with E-state index in [9.17, 15) is 5.11 Å². The van der Waals surface area contributed by atoms with Crippen molar-refractivity contribution in [3.63, 3.8) is 0 Å². The predicted molar refractivity (Wildman–Crippen MR) is 100 cm³/mol. The molecule has 0 unspecified atom stereocenters. The van der Waals surface area contributed by atoms with E-state index in [1.165, 1.54) is 0 Å². The highest BCUT2D eigenvalue weighted by molar-refractivity contribution is 5.79. The number of hydrogen-bond donors (Lipinski definition) is 3. The molecule has 7 heteroatoms.